The van der Waals surface area contributed by atoms with Gasteiger partial charge in [-0.2, -0.15) is 0 Å². The molecule has 2 heterocycles. The SMILES string of the molecule is O=C(CCNC1COC1)N1CCCCC1. The third-order valence-electron chi connectivity index (χ3n) is 3.12. The van der Waals surface area contributed by atoms with Gasteiger partial charge in [-0.15, -0.1) is 0 Å². The van der Waals surface area contributed by atoms with Crippen LogP contribution in [0.2, 0.25) is 0 Å². The van der Waals surface area contributed by atoms with Crippen molar-refractivity contribution in [3.05, 3.63) is 0 Å². The number of nitrogens with zero attached hydrogens (tertiary/aromatic N) is 1. The molecule has 0 aromatic carbocycles. The predicted molar refractivity (Wildman–Crippen MR) is 57.7 cm³/mol. The first-order valence-electron chi connectivity index (χ1n) is 5.95. The Morgan fingerprint density at radius 3 is 2.60 bits per heavy atom. The summed E-state index contributed by atoms with van der Waals surface area (Å²) in [6.07, 6.45) is 4.27. The highest BCUT2D eigenvalue weighted by atomic mass is 16.5. The van der Waals surface area contributed by atoms with Crippen molar-refractivity contribution in [1.29, 1.82) is 0 Å². The molecule has 0 aliphatic carbocycles. The third kappa shape index (κ3) is 3.18. The van der Waals surface area contributed by atoms with E-state index in [1.165, 1.54) is 19.3 Å². The van der Waals surface area contributed by atoms with E-state index < -0.39 is 0 Å². The molecular weight excluding hydrogens is 192 g/mol. The van der Waals surface area contributed by atoms with Crippen LogP contribution < -0.4 is 5.32 Å². The molecule has 0 aromatic heterocycles. The number of hydrogen-bond donors (Lipinski definition) is 1. The van der Waals surface area contributed by atoms with Crippen molar-refractivity contribution in [1.82, 2.24) is 10.2 Å². The Bertz CT molecular complexity index is 211. The summed E-state index contributed by atoms with van der Waals surface area (Å²) in [6, 6.07) is 0.485. The molecule has 0 unspecified atom stereocenters. The lowest BCUT2D eigenvalue weighted by atomic mass is 10.1. The fraction of sp³-hybridized carbons (Fsp3) is 0.909. The van der Waals surface area contributed by atoms with Crippen LogP contribution in [0, 0.1) is 0 Å². The molecule has 2 saturated heterocycles. The summed E-state index contributed by atoms with van der Waals surface area (Å²) >= 11 is 0. The largest absolute Gasteiger partial charge is 0.378 e. The van der Waals surface area contributed by atoms with Crippen molar-refractivity contribution >= 4 is 5.91 Å². The lowest BCUT2D eigenvalue weighted by Crippen LogP contribution is -2.47. The number of piperidine rings is 1. The Kier molecular flexibility index (Phi) is 3.97. The maximum atomic E-state index is 11.7. The van der Waals surface area contributed by atoms with Crippen LogP contribution in [0.3, 0.4) is 0 Å². The van der Waals surface area contributed by atoms with Crippen LogP contribution in [-0.2, 0) is 9.53 Å². The quantitative estimate of drug-likeness (QED) is 0.732. The van der Waals surface area contributed by atoms with Gasteiger partial charge in [0.2, 0.25) is 5.91 Å². The molecule has 4 nitrogen and oxygen atoms in total. The monoisotopic (exact) mass is 212 g/mol. The fourth-order valence-electron chi connectivity index (χ4n) is 2.04. The van der Waals surface area contributed by atoms with Gasteiger partial charge in [0.05, 0.1) is 19.3 Å². The minimum absolute atomic E-state index is 0.308. The van der Waals surface area contributed by atoms with E-state index in [9.17, 15) is 4.79 Å². The average Bonchev–Trinajstić information content (AvgIpc) is 2.23. The van der Waals surface area contributed by atoms with Gasteiger partial charge in [-0.05, 0) is 19.3 Å². The lowest BCUT2D eigenvalue weighted by molar-refractivity contribution is -0.132. The van der Waals surface area contributed by atoms with Crippen molar-refractivity contribution in [3.8, 4) is 0 Å². The van der Waals surface area contributed by atoms with Gasteiger partial charge in [0.1, 0.15) is 0 Å². The van der Waals surface area contributed by atoms with Gasteiger partial charge < -0.3 is 15.0 Å². The summed E-state index contributed by atoms with van der Waals surface area (Å²) in [5.74, 6) is 0.308. The molecule has 0 bridgehead atoms. The second kappa shape index (κ2) is 5.47. The maximum absolute atomic E-state index is 11.7. The zero-order valence-electron chi connectivity index (χ0n) is 9.21. The Balaban J connectivity index is 1.58. The zero-order valence-corrected chi connectivity index (χ0v) is 9.21. The van der Waals surface area contributed by atoms with E-state index >= 15 is 0 Å². The van der Waals surface area contributed by atoms with E-state index in [2.05, 4.69) is 5.32 Å². The van der Waals surface area contributed by atoms with E-state index in [4.69, 9.17) is 4.74 Å². The summed E-state index contributed by atoms with van der Waals surface area (Å²) in [4.78, 5) is 13.7. The third-order valence-corrected chi connectivity index (χ3v) is 3.12. The first-order valence-corrected chi connectivity index (χ1v) is 5.95. The highest BCUT2D eigenvalue weighted by Gasteiger charge is 2.19. The summed E-state index contributed by atoms with van der Waals surface area (Å²) < 4.78 is 5.05. The van der Waals surface area contributed by atoms with Crippen LogP contribution >= 0.6 is 0 Å². The highest BCUT2D eigenvalue weighted by molar-refractivity contribution is 5.76. The summed E-state index contributed by atoms with van der Waals surface area (Å²) in [7, 11) is 0. The Morgan fingerprint density at radius 2 is 2.00 bits per heavy atom. The Labute approximate surface area is 91.0 Å². The molecule has 1 N–H and O–H groups in total. The summed E-state index contributed by atoms with van der Waals surface area (Å²) in [5, 5.41) is 3.32. The number of ether oxygens (including phenoxy) is 1. The molecule has 86 valence electrons. The minimum Gasteiger partial charge on any atom is -0.378 e. The molecule has 4 heteroatoms. The molecule has 2 fully saturated rings. The topological polar surface area (TPSA) is 41.6 Å². The van der Waals surface area contributed by atoms with Crippen LogP contribution in [0.15, 0.2) is 0 Å². The van der Waals surface area contributed by atoms with Gasteiger partial charge >= 0.3 is 0 Å². The van der Waals surface area contributed by atoms with Gasteiger partial charge in [-0.3, -0.25) is 4.79 Å². The van der Waals surface area contributed by atoms with Crippen molar-refractivity contribution < 1.29 is 9.53 Å². The number of hydrogen-bond acceptors (Lipinski definition) is 3. The average molecular weight is 212 g/mol. The van der Waals surface area contributed by atoms with Crippen molar-refractivity contribution in [2.75, 3.05) is 32.8 Å². The first kappa shape index (κ1) is 10.9. The van der Waals surface area contributed by atoms with E-state index in [1.807, 2.05) is 4.90 Å². The van der Waals surface area contributed by atoms with E-state index in [0.717, 1.165) is 32.8 Å². The summed E-state index contributed by atoms with van der Waals surface area (Å²) in [5.41, 5.74) is 0. The van der Waals surface area contributed by atoms with Crippen molar-refractivity contribution in [2.45, 2.75) is 31.7 Å². The van der Waals surface area contributed by atoms with E-state index in [1.54, 1.807) is 0 Å². The molecule has 0 spiro atoms. The van der Waals surface area contributed by atoms with Gasteiger partial charge in [-0.1, -0.05) is 0 Å². The molecule has 0 saturated carbocycles. The molecule has 1 amide bonds. The number of nitrogens with one attached hydrogen (secondary N) is 1. The standard InChI is InChI=1S/C11H20N2O2/c14-11(13-6-2-1-3-7-13)4-5-12-10-8-15-9-10/h10,12H,1-9H2. The number of carbonyl (C=O) groups excluding carboxylic acids is 1. The molecule has 0 radical (unpaired) electrons. The Morgan fingerprint density at radius 1 is 1.27 bits per heavy atom. The van der Waals surface area contributed by atoms with Crippen LogP contribution in [0.25, 0.3) is 0 Å². The van der Waals surface area contributed by atoms with Gasteiger partial charge in [0.15, 0.2) is 0 Å². The molecule has 2 rings (SSSR count). The summed E-state index contributed by atoms with van der Waals surface area (Å²) in [6.45, 7) is 4.33. The predicted octanol–water partition coefficient (Wildman–Crippen LogP) is 0.377. The number of amides is 1. The molecule has 15 heavy (non-hydrogen) atoms. The second-order valence-corrected chi connectivity index (χ2v) is 4.38. The molecule has 2 aliphatic rings. The van der Waals surface area contributed by atoms with Crippen LogP contribution in [0.1, 0.15) is 25.7 Å². The van der Waals surface area contributed by atoms with Gasteiger partial charge in [0, 0.05) is 26.1 Å². The second-order valence-electron chi connectivity index (χ2n) is 4.38. The van der Waals surface area contributed by atoms with E-state index in [0.29, 0.717) is 18.4 Å². The van der Waals surface area contributed by atoms with Crippen LogP contribution in [0.4, 0.5) is 0 Å². The number of rotatable bonds is 4. The molecule has 0 aromatic rings. The molecule has 0 atom stereocenters. The maximum Gasteiger partial charge on any atom is 0.223 e. The molecule has 2 aliphatic heterocycles. The smallest absolute Gasteiger partial charge is 0.223 e. The number of carbonyl (C=O) groups is 1. The minimum atomic E-state index is 0.308. The zero-order chi connectivity index (χ0) is 10.5. The Hall–Kier alpha value is -0.610. The van der Waals surface area contributed by atoms with E-state index in [-0.39, 0.29) is 0 Å². The van der Waals surface area contributed by atoms with Crippen molar-refractivity contribution in [2.24, 2.45) is 0 Å². The van der Waals surface area contributed by atoms with Gasteiger partial charge in [-0.25, -0.2) is 0 Å². The first-order chi connectivity index (χ1) is 7.36. The van der Waals surface area contributed by atoms with Crippen LogP contribution in [-0.4, -0.2) is 49.7 Å². The van der Waals surface area contributed by atoms with Gasteiger partial charge in [0.25, 0.3) is 0 Å². The fourth-order valence-corrected chi connectivity index (χ4v) is 2.04. The van der Waals surface area contributed by atoms with Crippen molar-refractivity contribution in [3.63, 3.8) is 0 Å². The lowest BCUT2D eigenvalue weighted by Gasteiger charge is -2.29. The molecular formula is C11H20N2O2. The van der Waals surface area contributed by atoms with Crippen LogP contribution in [0.5, 0.6) is 0 Å². The normalized spacial score (nSPS) is 22.5. The number of likely N-dealkylation sites (tertiary alicyclic amines) is 1. The highest BCUT2D eigenvalue weighted by Crippen LogP contribution is 2.09.